The highest BCUT2D eigenvalue weighted by Gasteiger charge is 2.24. The van der Waals surface area contributed by atoms with Crippen molar-refractivity contribution < 1.29 is 19.1 Å². The monoisotopic (exact) mass is 341 g/mol. The molecule has 2 aromatic rings. The van der Waals surface area contributed by atoms with E-state index in [-0.39, 0.29) is 17.8 Å². The van der Waals surface area contributed by atoms with Crippen LogP contribution in [0.1, 0.15) is 31.7 Å². The largest absolute Gasteiger partial charge is 0.497 e. The van der Waals surface area contributed by atoms with E-state index in [9.17, 15) is 9.59 Å². The molecular weight excluding hydrogens is 318 g/mol. The Balaban J connectivity index is 1.81. The van der Waals surface area contributed by atoms with Gasteiger partial charge in [-0.1, -0.05) is 12.5 Å². The van der Waals surface area contributed by atoms with Gasteiger partial charge in [0.2, 0.25) is 5.91 Å². The average molecular weight is 341 g/mol. The zero-order valence-electron chi connectivity index (χ0n) is 14.6. The van der Waals surface area contributed by atoms with Gasteiger partial charge in [-0.25, -0.2) is 0 Å². The predicted octanol–water partition coefficient (Wildman–Crippen LogP) is 3.23. The Morgan fingerprint density at radius 3 is 2.60 bits per heavy atom. The summed E-state index contributed by atoms with van der Waals surface area (Å²) in [6.07, 6.45) is 3.80. The number of benzene rings is 2. The van der Waals surface area contributed by atoms with Crippen LogP contribution in [0.5, 0.6) is 11.5 Å². The minimum Gasteiger partial charge on any atom is -0.497 e. The average Bonchev–Trinajstić information content (AvgIpc) is 2.52. The molecule has 1 saturated carbocycles. The van der Waals surface area contributed by atoms with Gasteiger partial charge in [0.1, 0.15) is 11.5 Å². The first-order chi connectivity index (χ1) is 12.1. The number of rotatable bonds is 6. The van der Waals surface area contributed by atoms with Crippen LogP contribution in [0.15, 0.2) is 30.3 Å². The van der Waals surface area contributed by atoms with Crippen LogP contribution in [0.3, 0.4) is 0 Å². The molecule has 0 spiro atoms. The summed E-state index contributed by atoms with van der Waals surface area (Å²) in [6.45, 7) is 1.95. The summed E-state index contributed by atoms with van der Waals surface area (Å²) in [6, 6.07) is 9.49. The SMILES string of the molecule is COc1ccc2cc(OC(C)=O)cc(CCNC(=O)C3CCC3)c2c1. The van der Waals surface area contributed by atoms with Gasteiger partial charge in [0.25, 0.3) is 0 Å². The van der Waals surface area contributed by atoms with Gasteiger partial charge in [-0.3, -0.25) is 9.59 Å². The lowest BCUT2D eigenvalue weighted by Gasteiger charge is -2.24. The van der Waals surface area contributed by atoms with Crippen LogP contribution >= 0.6 is 0 Å². The van der Waals surface area contributed by atoms with Gasteiger partial charge in [0.15, 0.2) is 0 Å². The van der Waals surface area contributed by atoms with Crippen LogP contribution in [0.4, 0.5) is 0 Å². The van der Waals surface area contributed by atoms with Crippen molar-refractivity contribution in [3.63, 3.8) is 0 Å². The van der Waals surface area contributed by atoms with E-state index in [1.165, 1.54) is 6.92 Å². The molecule has 3 rings (SSSR count). The molecule has 1 fully saturated rings. The Hall–Kier alpha value is -2.56. The van der Waals surface area contributed by atoms with Gasteiger partial charge in [0, 0.05) is 19.4 Å². The van der Waals surface area contributed by atoms with E-state index < -0.39 is 0 Å². The second kappa shape index (κ2) is 7.55. The van der Waals surface area contributed by atoms with Crippen LogP contribution < -0.4 is 14.8 Å². The number of fused-ring (bicyclic) bond motifs is 1. The molecule has 25 heavy (non-hydrogen) atoms. The lowest BCUT2D eigenvalue weighted by atomic mass is 9.85. The summed E-state index contributed by atoms with van der Waals surface area (Å²) in [4.78, 5) is 23.3. The number of methoxy groups -OCH3 is 1. The highest BCUT2D eigenvalue weighted by Crippen LogP contribution is 2.29. The molecule has 1 amide bonds. The molecule has 1 aliphatic carbocycles. The normalized spacial score (nSPS) is 14.0. The Bertz CT molecular complexity index is 796. The minimum atomic E-state index is -0.350. The fourth-order valence-electron chi connectivity index (χ4n) is 3.08. The maximum atomic E-state index is 12.0. The Kier molecular flexibility index (Phi) is 5.22. The molecule has 1 aliphatic rings. The quantitative estimate of drug-likeness (QED) is 0.647. The zero-order valence-corrected chi connectivity index (χ0v) is 14.6. The van der Waals surface area contributed by atoms with Gasteiger partial charge in [-0.15, -0.1) is 0 Å². The smallest absolute Gasteiger partial charge is 0.308 e. The standard InChI is InChI=1S/C20H23NO4/c1-13(22)25-18-10-15-6-7-17(24-2)12-19(15)16(11-18)8-9-21-20(23)14-4-3-5-14/h6-7,10-12,14H,3-5,8-9H2,1-2H3,(H,21,23). The van der Waals surface area contributed by atoms with Crippen LogP contribution in [0.25, 0.3) is 10.8 Å². The highest BCUT2D eigenvalue weighted by atomic mass is 16.5. The van der Waals surface area contributed by atoms with Crippen molar-refractivity contribution in [1.82, 2.24) is 5.32 Å². The molecule has 2 aromatic carbocycles. The molecule has 0 radical (unpaired) electrons. The van der Waals surface area contributed by atoms with Gasteiger partial charge < -0.3 is 14.8 Å². The first kappa shape index (κ1) is 17.3. The molecule has 0 aliphatic heterocycles. The second-order valence-electron chi connectivity index (χ2n) is 6.43. The third kappa shape index (κ3) is 4.10. The summed E-state index contributed by atoms with van der Waals surface area (Å²) in [5.74, 6) is 1.27. The number of carbonyl (C=O) groups is 2. The predicted molar refractivity (Wildman–Crippen MR) is 95.9 cm³/mol. The molecule has 5 heteroatoms. The van der Waals surface area contributed by atoms with E-state index in [1.807, 2.05) is 30.3 Å². The van der Waals surface area contributed by atoms with E-state index in [0.717, 1.165) is 41.3 Å². The van der Waals surface area contributed by atoms with Crippen molar-refractivity contribution in [3.05, 3.63) is 35.9 Å². The molecule has 0 heterocycles. The van der Waals surface area contributed by atoms with Crippen LogP contribution in [0.2, 0.25) is 0 Å². The summed E-state index contributed by atoms with van der Waals surface area (Å²) < 4.78 is 10.6. The van der Waals surface area contributed by atoms with Crippen LogP contribution in [0, 0.1) is 5.92 Å². The van der Waals surface area contributed by atoms with Crippen molar-refractivity contribution in [1.29, 1.82) is 0 Å². The number of nitrogens with one attached hydrogen (secondary N) is 1. The van der Waals surface area contributed by atoms with Gasteiger partial charge in [0.05, 0.1) is 7.11 Å². The van der Waals surface area contributed by atoms with Crippen molar-refractivity contribution in [2.24, 2.45) is 5.92 Å². The lowest BCUT2D eigenvalue weighted by molar-refractivity contribution is -0.132. The van der Waals surface area contributed by atoms with E-state index in [0.29, 0.717) is 18.7 Å². The molecule has 0 atom stereocenters. The third-order valence-electron chi connectivity index (χ3n) is 4.65. The number of carbonyl (C=O) groups excluding carboxylic acids is 2. The van der Waals surface area contributed by atoms with Gasteiger partial charge >= 0.3 is 5.97 Å². The maximum Gasteiger partial charge on any atom is 0.308 e. The number of esters is 1. The summed E-state index contributed by atoms with van der Waals surface area (Å²) >= 11 is 0. The highest BCUT2D eigenvalue weighted by molar-refractivity contribution is 5.89. The number of amides is 1. The van der Waals surface area contributed by atoms with Crippen molar-refractivity contribution in [2.45, 2.75) is 32.6 Å². The fraction of sp³-hybridized carbons (Fsp3) is 0.400. The molecule has 0 unspecified atom stereocenters. The molecule has 0 bridgehead atoms. The van der Waals surface area contributed by atoms with Crippen LogP contribution in [-0.2, 0) is 16.0 Å². The fourth-order valence-corrected chi connectivity index (χ4v) is 3.08. The van der Waals surface area contributed by atoms with Crippen molar-refractivity contribution in [3.8, 4) is 11.5 Å². The number of hydrogen-bond acceptors (Lipinski definition) is 4. The molecule has 5 nitrogen and oxygen atoms in total. The molecule has 1 N–H and O–H groups in total. The van der Waals surface area contributed by atoms with E-state index in [2.05, 4.69) is 5.32 Å². The molecular formula is C20H23NO4. The van der Waals surface area contributed by atoms with E-state index in [1.54, 1.807) is 7.11 Å². The molecule has 132 valence electrons. The first-order valence-corrected chi connectivity index (χ1v) is 8.63. The first-order valence-electron chi connectivity index (χ1n) is 8.63. The van der Waals surface area contributed by atoms with Gasteiger partial charge in [-0.2, -0.15) is 0 Å². The van der Waals surface area contributed by atoms with E-state index >= 15 is 0 Å². The van der Waals surface area contributed by atoms with Crippen molar-refractivity contribution >= 4 is 22.6 Å². The maximum absolute atomic E-state index is 12.0. The Labute approximate surface area is 147 Å². The Morgan fingerprint density at radius 1 is 1.16 bits per heavy atom. The molecule has 0 aromatic heterocycles. The summed E-state index contributed by atoms with van der Waals surface area (Å²) in [5, 5.41) is 5.02. The number of ether oxygens (including phenoxy) is 2. The minimum absolute atomic E-state index is 0.143. The molecule has 0 saturated heterocycles. The van der Waals surface area contributed by atoms with Gasteiger partial charge in [-0.05, 0) is 59.9 Å². The third-order valence-corrected chi connectivity index (χ3v) is 4.65. The van der Waals surface area contributed by atoms with Crippen molar-refractivity contribution in [2.75, 3.05) is 13.7 Å². The number of hydrogen-bond donors (Lipinski definition) is 1. The zero-order chi connectivity index (χ0) is 17.8. The lowest BCUT2D eigenvalue weighted by Crippen LogP contribution is -2.35. The van der Waals surface area contributed by atoms with Crippen LogP contribution in [-0.4, -0.2) is 25.5 Å². The Morgan fingerprint density at radius 2 is 1.96 bits per heavy atom. The van der Waals surface area contributed by atoms with E-state index in [4.69, 9.17) is 9.47 Å². The second-order valence-corrected chi connectivity index (χ2v) is 6.43. The topological polar surface area (TPSA) is 64.6 Å². The summed E-state index contributed by atoms with van der Waals surface area (Å²) in [5.41, 5.74) is 1.02. The summed E-state index contributed by atoms with van der Waals surface area (Å²) in [7, 11) is 1.63.